The van der Waals surface area contributed by atoms with E-state index in [1.54, 1.807) is 19.1 Å². The minimum atomic E-state index is -1.08. The van der Waals surface area contributed by atoms with Gasteiger partial charge in [-0.05, 0) is 37.5 Å². The number of hydrogen-bond donors (Lipinski definition) is 4. The van der Waals surface area contributed by atoms with Crippen molar-refractivity contribution in [3.63, 3.8) is 0 Å². The van der Waals surface area contributed by atoms with E-state index >= 15 is 0 Å². The van der Waals surface area contributed by atoms with Gasteiger partial charge < -0.3 is 40.2 Å². The summed E-state index contributed by atoms with van der Waals surface area (Å²) in [5, 5.41) is 9.85. The Morgan fingerprint density at radius 3 is 2.14 bits per heavy atom. The van der Waals surface area contributed by atoms with Crippen LogP contribution in [0.2, 0.25) is 0 Å². The summed E-state index contributed by atoms with van der Waals surface area (Å²) in [6.07, 6.45) is 1.72. The number of ether oxygens (including phenoxy) is 4. The highest BCUT2D eigenvalue weighted by Crippen LogP contribution is 2.26. The molecule has 2 atom stereocenters. The molecule has 1 aliphatic rings. The molecular formula is C33H51N5O10S. The van der Waals surface area contributed by atoms with Crippen LogP contribution in [-0.2, 0) is 54.1 Å². The molecule has 0 aromatic heterocycles. The molecule has 49 heavy (non-hydrogen) atoms. The van der Waals surface area contributed by atoms with E-state index in [0.717, 1.165) is 35.1 Å². The van der Waals surface area contributed by atoms with Gasteiger partial charge in [-0.2, -0.15) is 0 Å². The van der Waals surface area contributed by atoms with Gasteiger partial charge in [0.2, 0.25) is 35.4 Å². The molecular weight excluding hydrogens is 658 g/mol. The third-order valence-corrected chi connectivity index (χ3v) is 8.30. The summed E-state index contributed by atoms with van der Waals surface area (Å²) in [6.45, 7) is 8.06. The number of anilines is 1. The number of carbonyl (C=O) groups excluding carboxylic acids is 6. The summed E-state index contributed by atoms with van der Waals surface area (Å²) < 4.78 is 21.5. The first-order chi connectivity index (χ1) is 23.7. The molecule has 1 saturated heterocycles. The fraction of sp³-hybridized carbons (Fsp3) is 0.636. The number of benzene rings is 1. The van der Waals surface area contributed by atoms with Gasteiger partial charge in [0.05, 0.1) is 38.3 Å². The van der Waals surface area contributed by atoms with Crippen molar-refractivity contribution in [3.8, 4) is 0 Å². The normalized spacial score (nSPS) is 14.8. The van der Waals surface area contributed by atoms with E-state index in [1.165, 1.54) is 0 Å². The maximum Gasteiger partial charge on any atom is 0.250 e. The number of amides is 6. The molecule has 1 heterocycles. The van der Waals surface area contributed by atoms with E-state index in [2.05, 4.69) is 21.3 Å². The van der Waals surface area contributed by atoms with Crippen molar-refractivity contribution >= 4 is 52.9 Å². The molecule has 16 heteroatoms. The van der Waals surface area contributed by atoms with Gasteiger partial charge in [0.25, 0.3) is 0 Å². The molecule has 4 N–H and O–H groups in total. The van der Waals surface area contributed by atoms with Crippen LogP contribution in [0.15, 0.2) is 24.3 Å². The van der Waals surface area contributed by atoms with Crippen molar-refractivity contribution in [1.29, 1.82) is 0 Å². The van der Waals surface area contributed by atoms with Gasteiger partial charge in [-0.25, -0.2) is 0 Å². The molecule has 274 valence electrons. The molecule has 2 rings (SSSR count). The Kier molecular flexibility index (Phi) is 20.8. The SMILES string of the molecule is CCCOCCOCCOCCNC(=O)[C@@H](CSC1CC(=O)N(CCC(=O)NCC)C1=O)NC(=O)COCC(=O)Nc1ccc(CC)cc1. The minimum Gasteiger partial charge on any atom is -0.379 e. The average molecular weight is 710 g/mol. The van der Waals surface area contributed by atoms with E-state index in [9.17, 15) is 28.8 Å². The van der Waals surface area contributed by atoms with Gasteiger partial charge in [0, 0.05) is 50.5 Å². The first-order valence-corrected chi connectivity index (χ1v) is 17.7. The van der Waals surface area contributed by atoms with Crippen molar-refractivity contribution in [2.75, 3.05) is 83.6 Å². The summed E-state index contributed by atoms with van der Waals surface area (Å²) in [5.41, 5.74) is 1.72. The smallest absolute Gasteiger partial charge is 0.250 e. The third-order valence-electron chi connectivity index (χ3n) is 7.01. The van der Waals surface area contributed by atoms with Crippen LogP contribution >= 0.6 is 11.8 Å². The van der Waals surface area contributed by atoms with E-state index in [1.807, 2.05) is 26.0 Å². The summed E-state index contributed by atoms with van der Waals surface area (Å²) >= 11 is 1.06. The van der Waals surface area contributed by atoms with E-state index < -0.39 is 47.4 Å². The predicted octanol–water partition coefficient (Wildman–Crippen LogP) is 0.652. The maximum atomic E-state index is 13.1. The van der Waals surface area contributed by atoms with Crippen molar-refractivity contribution in [2.24, 2.45) is 0 Å². The lowest BCUT2D eigenvalue weighted by molar-refractivity contribution is -0.138. The second kappa shape index (κ2) is 24.5. The van der Waals surface area contributed by atoms with E-state index in [0.29, 0.717) is 45.3 Å². The molecule has 1 aliphatic heterocycles. The van der Waals surface area contributed by atoms with Crippen LogP contribution in [0.5, 0.6) is 0 Å². The Morgan fingerprint density at radius 2 is 1.49 bits per heavy atom. The number of nitrogens with one attached hydrogen (secondary N) is 4. The number of likely N-dealkylation sites (tertiary alicyclic amines) is 1. The second-order valence-electron chi connectivity index (χ2n) is 11.0. The van der Waals surface area contributed by atoms with E-state index in [4.69, 9.17) is 18.9 Å². The Hall–Kier alpha value is -3.57. The van der Waals surface area contributed by atoms with Gasteiger partial charge in [-0.3, -0.25) is 33.7 Å². The lowest BCUT2D eigenvalue weighted by Crippen LogP contribution is -2.50. The highest BCUT2D eigenvalue weighted by Gasteiger charge is 2.39. The summed E-state index contributed by atoms with van der Waals surface area (Å²) in [5.74, 6) is -2.75. The van der Waals surface area contributed by atoms with Crippen LogP contribution in [0, 0.1) is 0 Å². The molecule has 1 fully saturated rings. The maximum absolute atomic E-state index is 13.1. The molecule has 1 aromatic carbocycles. The summed E-state index contributed by atoms with van der Waals surface area (Å²) in [6, 6.07) is 6.28. The molecule has 0 radical (unpaired) electrons. The highest BCUT2D eigenvalue weighted by atomic mass is 32.2. The molecule has 1 unspecified atom stereocenters. The van der Waals surface area contributed by atoms with Crippen LogP contribution in [0.1, 0.15) is 45.6 Å². The number of imide groups is 1. The molecule has 0 aliphatic carbocycles. The van der Waals surface area contributed by atoms with E-state index in [-0.39, 0.29) is 50.8 Å². The van der Waals surface area contributed by atoms with Crippen LogP contribution in [-0.4, -0.2) is 130 Å². The molecule has 0 spiro atoms. The van der Waals surface area contributed by atoms with Gasteiger partial charge in [-0.15, -0.1) is 11.8 Å². The molecule has 1 aromatic rings. The number of thioether (sulfide) groups is 1. The Balaban J connectivity index is 1.84. The Bertz CT molecular complexity index is 1200. The van der Waals surface area contributed by atoms with Crippen molar-refractivity contribution in [2.45, 2.75) is 57.7 Å². The Labute approximate surface area is 292 Å². The lowest BCUT2D eigenvalue weighted by atomic mass is 10.1. The second-order valence-corrected chi connectivity index (χ2v) is 12.2. The van der Waals surface area contributed by atoms with Gasteiger partial charge in [0.1, 0.15) is 19.3 Å². The van der Waals surface area contributed by atoms with Crippen molar-refractivity contribution in [1.82, 2.24) is 20.9 Å². The van der Waals surface area contributed by atoms with Crippen molar-refractivity contribution < 1.29 is 47.7 Å². The fourth-order valence-electron chi connectivity index (χ4n) is 4.46. The molecule has 6 amide bonds. The zero-order chi connectivity index (χ0) is 35.9. The average Bonchev–Trinajstić information content (AvgIpc) is 3.35. The fourth-order valence-corrected chi connectivity index (χ4v) is 5.65. The number of carbonyl (C=O) groups is 6. The number of hydrogen-bond acceptors (Lipinski definition) is 11. The monoisotopic (exact) mass is 709 g/mol. The molecule has 15 nitrogen and oxygen atoms in total. The first-order valence-electron chi connectivity index (χ1n) is 16.7. The minimum absolute atomic E-state index is 0.00543. The molecule has 0 saturated carbocycles. The zero-order valence-electron chi connectivity index (χ0n) is 28.7. The number of aryl methyl sites for hydroxylation is 1. The van der Waals surface area contributed by atoms with Crippen LogP contribution in [0.3, 0.4) is 0 Å². The van der Waals surface area contributed by atoms with Gasteiger partial charge >= 0.3 is 0 Å². The third kappa shape index (κ3) is 17.1. The topological polar surface area (TPSA) is 191 Å². The van der Waals surface area contributed by atoms with Gasteiger partial charge in [-0.1, -0.05) is 26.0 Å². The van der Waals surface area contributed by atoms with Gasteiger partial charge in [0.15, 0.2) is 0 Å². The van der Waals surface area contributed by atoms with Crippen LogP contribution in [0.4, 0.5) is 5.69 Å². The Morgan fingerprint density at radius 1 is 0.837 bits per heavy atom. The molecule has 0 bridgehead atoms. The highest BCUT2D eigenvalue weighted by molar-refractivity contribution is 8.00. The first kappa shape index (κ1) is 41.6. The number of nitrogens with zero attached hydrogens (tertiary/aromatic N) is 1. The zero-order valence-corrected chi connectivity index (χ0v) is 29.5. The van der Waals surface area contributed by atoms with Crippen LogP contribution < -0.4 is 21.3 Å². The van der Waals surface area contributed by atoms with Crippen molar-refractivity contribution in [3.05, 3.63) is 29.8 Å². The number of rotatable bonds is 26. The lowest BCUT2D eigenvalue weighted by Gasteiger charge is -2.20. The summed E-state index contributed by atoms with van der Waals surface area (Å²) in [7, 11) is 0. The predicted molar refractivity (Wildman–Crippen MR) is 184 cm³/mol. The summed E-state index contributed by atoms with van der Waals surface area (Å²) in [4.78, 5) is 76.4. The quantitative estimate of drug-likeness (QED) is 0.0781. The van der Waals surface area contributed by atoms with Crippen LogP contribution in [0.25, 0.3) is 0 Å². The standard InChI is InChI=1S/C33H51N5O10S/c1-4-14-45-16-18-47-19-17-46-15-12-35-32(43)26(23-49-27-20-31(42)38(33(27)44)13-11-28(39)34-6-3)37-30(41)22-48-21-29(40)36-25-9-7-24(5-2)8-10-25/h7-10,26-27H,4-6,11-23H2,1-3H3,(H,34,39)(H,35,43)(H,36,40)(H,37,41)/t26-,27?/m1/s1. The largest absolute Gasteiger partial charge is 0.379 e.